The van der Waals surface area contributed by atoms with Gasteiger partial charge >= 0.3 is 0 Å². The number of oxime groups is 1. The molecule has 3 aromatic rings. The topological polar surface area (TPSA) is 94.3 Å². The summed E-state index contributed by atoms with van der Waals surface area (Å²) in [4.78, 5) is 18.0. The molecule has 0 bridgehead atoms. The van der Waals surface area contributed by atoms with Gasteiger partial charge in [0.15, 0.2) is 6.10 Å². The van der Waals surface area contributed by atoms with E-state index in [9.17, 15) is 4.79 Å². The Morgan fingerprint density at radius 3 is 2.89 bits per heavy atom. The number of benzene rings is 2. The lowest BCUT2D eigenvalue weighted by atomic mass is 10.0. The van der Waals surface area contributed by atoms with Crippen LogP contribution in [-0.4, -0.2) is 38.1 Å². The van der Waals surface area contributed by atoms with E-state index in [2.05, 4.69) is 26.0 Å². The van der Waals surface area contributed by atoms with Crippen molar-refractivity contribution in [1.82, 2.24) is 20.2 Å². The highest BCUT2D eigenvalue weighted by Crippen LogP contribution is 2.27. The van der Waals surface area contributed by atoms with Gasteiger partial charge in [0.05, 0.1) is 5.69 Å². The lowest BCUT2D eigenvalue weighted by Gasteiger charge is -2.08. The molecule has 1 unspecified atom stereocenters. The highest BCUT2D eigenvalue weighted by molar-refractivity contribution is 7.98. The Bertz CT molecular complexity index is 988. The summed E-state index contributed by atoms with van der Waals surface area (Å²) in [6, 6.07) is 17.0. The maximum atomic E-state index is 12.5. The van der Waals surface area contributed by atoms with Gasteiger partial charge in [0.1, 0.15) is 5.71 Å². The summed E-state index contributed by atoms with van der Waals surface area (Å²) in [5.41, 5.74) is 2.75. The molecule has 1 aliphatic rings. The molecule has 2 heterocycles. The molecule has 0 fully saturated rings. The second-order valence-corrected chi connectivity index (χ2v) is 6.60. The van der Waals surface area contributed by atoms with Gasteiger partial charge in [0.25, 0.3) is 5.91 Å². The second-order valence-electron chi connectivity index (χ2n) is 5.83. The number of nitrogens with one attached hydrogen (secondary N) is 1. The molecule has 1 N–H and O–H groups in total. The third kappa shape index (κ3) is 3.68. The standard InChI is InChI=1S/C18H16N6O2S/c1-27-18-20-22-23-24(18)14-9-5-8-13(10-14)19-17(25)15-11-16(26-21-15)12-6-3-2-4-7-12/h2-10,16H,11H2,1H3,(H,19,25). The van der Waals surface area contributed by atoms with Crippen LogP contribution in [0.15, 0.2) is 64.9 Å². The van der Waals surface area contributed by atoms with Gasteiger partial charge in [-0.15, -0.1) is 5.10 Å². The second kappa shape index (κ2) is 7.58. The number of rotatable bonds is 5. The zero-order valence-corrected chi connectivity index (χ0v) is 15.3. The Hall–Kier alpha value is -3.20. The van der Waals surface area contributed by atoms with E-state index < -0.39 is 0 Å². The monoisotopic (exact) mass is 380 g/mol. The molecule has 2 aromatic carbocycles. The zero-order valence-electron chi connectivity index (χ0n) is 14.4. The van der Waals surface area contributed by atoms with Crippen LogP contribution >= 0.6 is 11.8 Å². The first kappa shape index (κ1) is 17.2. The molecule has 0 spiro atoms. The van der Waals surface area contributed by atoms with E-state index in [4.69, 9.17) is 4.84 Å². The van der Waals surface area contributed by atoms with E-state index in [1.807, 2.05) is 48.7 Å². The zero-order chi connectivity index (χ0) is 18.6. The van der Waals surface area contributed by atoms with Crippen molar-refractivity contribution in [3.63, 3.8) is 0 Å². The summed E-state index contributed by atoms with van der Waals surface area (Å²) >= 11 is 1.44. The van der Waals surface area contributed by atoms with Crippen molar-refractivity contribution in [3.8, 4) is 5.69 Å². The smallest absolute Gasteiger partial charge is 0.273 e. The van der Waals surface area contributed by atoms with E-state index in [-0.39, 0.29) is 12.0 Å². The number of hydrogen-bond acceptors (Lipinski definition) is 7. The molecule has 4 rings (SSSR count). The minimum Gasteiger partial charge on any atom is -0.387 e. The number of aromatic nitrogens is 4. The highest BCUT2D eigenvalue weighted by Gasteiger charge is 2.27. The van der Waals surface area contributed by atoms with Crippen molar-refractivity contribution in [1.29, 1.82) is 0 Å². The molecule has 1 atom stereocenters. The highest BCUT2D eigenvalue weighted by atomic mass is 32.2. The molecule has 8 nitrogen and oxygen atoms in total. The molecule has 0 aliphatic carbocycles. The number of anilines is 1. The van der Waals surface area contributed by atoms with Crippen LogP contribution in [-0.2, 0) is 9.63 Å². The van der Waals surface area contributed by atoms with Crippen LogP contribution in [0.2, 0.25) is 0 Å². The number of thioether (sulfide) groups is 1. The fraction of sp³-hybridized carbons (Fsp3) is 0.167. The largest absolute Gasteiger partial charge is 0.387 e. The number of nitrogens with zero attached hydrogens (tertiary/aromatic N) is 5. The Morgan fingerprint density at radius 2 is 2.07 bits per heavy atom. The van der Waals surface area contributed by atoms with Gasteiger partial charge in [-0.05, 0) is 40.4 Å². The molecule has 0 radical (unpaired) electrons. The lowest BCUT2D eigenvalue weighted by molar-refractivity contribution is -0.110. The minimum atomic E-state index is -0.285. The van der Waals surface area contributed by atoms with E-state index in [1.165, 1.54) is 11.8 Å². The summed E-state index contributed by atoms with van der Waals surface area (Å²) in [7, 11) is 0. The van der Waals surface area contributed by atoms with Gasteiger partial charge in [-0.3, -0.25) is 4.79 Å². The van der Waals surface area contributed by atoms with Gasteiger partial charge in [0.2, 0.25) is 5.16 Å². The SMILES string of the molecule is CSc1nnnn1-c1cccc(NC(=O)C2=NOC(c3ccccc3)C2)c1. The molecule has 1 aliphatic heterocycles. The van der Waals surface area contributed by atoms with E-state index in [0.29, 0.717) is 23.0 Å². The van der Waals surface area contributed by atoms with Crippen molar-refractivity contribution in [2.24, 2.45) is 5.16 Å². The lowest BCUT2D eigenvalue weighted by Crippen LogP contribution is -2.22. The maximum Gasteiger partial charge on any atom is 0.273 e. The molecule has 27 heavy (non-hydrogen) atoms. The Labute approximate surface area is 159 Å². The first-order valence-electron chi connectivity index (χ1n) is 8.26. The van der Waals surface area contributed by atoms with Crippen molar-refractivity contribution < 1.29 is 9.63 Å². The normalized spacial score (nSPS) is 15.9. The summed E-state index contributed by atoms with van der Waals surface area (Å²) < 4.78 is 1.61. The molecule has 136 valence electrons. The third-order valence-electron chi connectivity index (χ3n) is 4.07. The van der Waals surface area contributed by atoms with Gasteiger partial charge in [-0.1, -0.05) is 53.3 Å². The van der Waals surface area contributed by atoms with Crippen LogP contribution in [0.3, 0.4) is 0 Å². The molecule has 9 heteroatoms. The summed E-state index contributed by atoms with van der Waals surface area (Å²) in [6.45, 7) is 0. The van der Waals surface area contributed by atoms with Crippen LogP contribution in [0.4, 0.5) is 5.69 Å². The predicted octanol–water partition coefficient (Wildman–Crippen LogP) is 2.84. The van der Waals surface area contributed by atoms with Crippen molar-refractivity contribution in [2.45, 2.75) is 17.7 Å². The molecular formula is C18H16N6O2S. The number of amides is 1. The Morgan fingerprint density at radius 1 is 1.22 bits per heavy atom. The van der Waals surface area contributed by atoms with Gasteiger partial charge in [0, 0.05) is 12.1 Å². The van der Waals surface area contributed by atoms with Crippen molar-refractivity contribution >= 4 is 29.1 Å². The molecular weight excluding hydrogens is 364 g/mol. The first-order valence-corrected chi connectivity index (χ1v) is 9.49. The average Bonchev–Trinajstić information content (AvgIpc) is 3.38. The number of hydrogen-bond donors (Lipinski definition) is 1. The van der Waals surface area contributed by atoms with Crippen LogP contribution in [0.1, 0.15) is 18.1 Å². The quantitative estimate of drug-likeness (QED) is 0.684. The van der Waals surface area contributed by atoms with E-state index in [1.54, 1.807) is 16.8 Å². The summed E-state index contributed by atoms with van der Waals surface area (Å²) in [6.07, 6.45) is 2.10. The average molecular weight is 380 g/mol. The third-order valence-corrected chi connectivity index (χ3v) is 4.69. The van der Waals surface area contributed by atoms with Crippen molar-refractivity contribution in [3.05, 3.63) is 60.2 Å². The number of tetrazole rings is 1. The Kier molecular flexibility index (Phi) is 4.84. The first-order chi connectivity index (χ1) is 13.2. The number of carbonyl (C=O) groups is 1. The fourth-order valence-corrected chi connectivity index (χ4v) is 3.18. The molecule has 0 saturated carbocycles. The van der Waals surface area contributed by atoms with E-state index >= 15 is 0 Å². The fourth-order valence-electron chi connectivity index (χ4n) is 2.74. The minimum absolute atomic E-state index is 0.233. The predicted molar refractivity (Wildman–Crippen MR) is 102 cm³/mol. The number of carbonyl (C=O) groups excluding carboxylic acids is 1. The maximum absolute atomic E-state index is 12.5. The van der Waals surface area contributed by atoms with Crippen LogP contribution in [0, 0.1) is 0 Å². The summed E-state index contributed by atoms with van der Waals surface area (Å²) in [5.74, 6) is -0.285. The van der Waals surface area contributed by atoms with Crippen LogP contribution in [0.25, 0.3) is 5.69 Å². The van der Waals surface area contributed by atoms with E-state index in [0.717, 1.165) is 11.3 Å². The molecule has 1 aromatic heterocycles. The van der Waals surface area contributed by atoms with Gasteiger partial charge in [-0.25, -0.2) is 0 Å². The van der Waals surface area contributed by atoms with Crippen LogP contribution < -0.4 is 5.32 Å². The van der Waals surface area contributed by atoms with Crippen molar-refractivity contribution in [2.75, 3.05) is 11.6 Å². The van der Waals surface area contributed by atoms with Gasteiger partial charge < -0.3 is 10.2 Å². The van der Waals surface area contributed by atoms with Gasteiger partial charge in [-0.2, -0.15) is 4.68 Å². The summed E-state index contributed by atoms with van der Waals surface area (Å²) in [5, 5.41) is 19.1. The Balaban J connectivity index is 1.45. The van der Waals surface area contributed by atoms with Crippen LogP contribution in [0.5, 0.6) is 0 Å². The molecule has 1 amide bonds. The molecule has 0 saturated heterocycles.